The molecular weight excluding hydrogens is 388 g/mol. The molecule has 9 heteroatoms. The van der Waals surface area contributed by atoms with Gasteiger partial charge >= 0.3 is 5.97 Å². The highest BCUT2D eigenvalue weighted by atomic mass is 16.5. The standard InChI is InChI=1S/C21H30N4O5/c1-11(2)19(27)25-17(14-7-5-8-14)21(29)30-13(4)16(12(3)22)24-20(28)18-15(26)9-6-10-23-18/h6,9-11,13-14,16-17,22,26H,5,7-8H2,1-4H3,(H,24,28)(H,25,27). The second kappa shape index (κ2) is 10.2. The number of nitrogens with zero attached hydrogens (tertiary/aromatic N) is 1. The third kappa shape index (κ3) is 5.77. The fourth-order valence-corrected chi connectivity index (χ4v) is 3.15. The Kier molecular flexibility index (Phi) is 7.91. The van der Waals surface area contributed by atoms with Gasteiger partial charge in [0.25, 0.3) is 5.91 Å². The summed E-state index contributed by atoms with van der Waals surface area (Å²) in [7, 11) is 0. The Hall–Kier alpha value is -2.97. The van der Waals surface area contributed by atoms with Crippen LogP contribution in [-0.2, 0) is 14.3 Å². The zero-order valence-electron chi connectivity index (χ0n) is 17.8. The molecule has 0 saturated heterocycles. The van der Waals surface area contributed by atoms with Crippen LogP contribution in [-0.4, -0.2) is 51.8 Å². The van der Waals surface area contributed by atoms with Crippen molar-refractivity contribution in [3.05, 3.63) is 24.0 Å². The lowest BCUT2D eigenvalue weighted by Crippen LogP contribution is -2.53. The Morgan fingerprint density at radius 3 is 2.40 bits per heavy atom. The number of pyridine rings is 1. The Bertz CT molecular complexity index is 806. The topological polar surface area (TPSA) is 141 Å². The van der Waals surface area contributed by atoms with E-state index in [0.717, 1.165) is 19.3 Å². The molecule has 1 saturated carbocycles. The molecule has 164 valence electrons. The molecule has 1 heterocycles. The number of rotatable bonds is 9. The Morgan fingerprint density at radius 2 is 1.90 bits per heavy atom. The highest BCUT2D eigenvalue weighted by molar-refractivity contribution is 5.98. The maximum atomic E-state index is 12.8. The first kappa shape index (κ1) is 23.3. The summed E-state index contributed by atoms with van der Waals surface area (Å²) in [5.74, 6) is -2.02. The van der Waals surface area contributed by atoms with E-state index >= 15 is 0 Å². The van der Waals surface area contributed by atoms with Gasteiger partial charge in [-0.3, -0.25) is 9.59 Å². The summed E-state index contributed by atoms with van der Waals surface area (Å²) in [5, 5.41) is 23.1. The molecule has 1 fully saturated rings. The first-order valence-corrected chi connectivity index (χ1v) is 10.1. The number of aromatic nitrogens is 1. The van der Waals surface area contributed by atoms with Gasteiger partial charge in [-0.2, -0.15) is 0 Å². The molecule has 1 aromatic heterocycles. The molecule has 30 heavy (non-hydrogen) atoms. The molecule has 2 amide bonds. The first-order chi connectivity index (χ1) is 14.1. The van der Waals surface area contributed by atoms with E-state index in [-0.39, 0.29) is 34.9 Å². The Balaban J connectivity index is 2.08. The second-order valence-electron chi connectivity index (χ2n) is 7.98. The summed E-state index contributed by atoms with van der Waals surface area (Å²) in [6, 6.07) is 1.16. The van der Waals surface area contributed by atoms with Crippen LogP contribution < -0.4 is 10.6 Å². The van der Waals surface area contributed by atoms with Crippen LogP contribution in [0.5, 0.6) is 5.75 Å². The van der Waals surface area contributed by atoms with Gasteiger partial charge in [0.1, 0.15) is 23.9 Å². The van der Waals surface area contributed by atoms with Crippen molar-refractivity contribution in [1.29, 1.82) is 5.41 Å². The monoisotopic (exact) mass is 418 g/mol. The molecular formula is C21H30N4O5. The number of esters is 1. The summed E-state index contributed by atoms with van der Waals surface area (Å²) in [6.45, 7) is 6.55. The zero-order chi connectivity index (χ0) is 22.4. The molecule has 9 nitrogen and oxygen atoms in total. The van der Waals surface area contributed by atoms with Gasteiger partial charge in [-0.15, -0.1) is 0 Å². The first-order valence-electron chi connectivity index (χ1n) is 10.1. The minimum Gasteiger partial charge on any atom is -0.505 e. The fraction of sp³-hybridized carbons (Fsp3) is 0.571. The van der Waals surface area contributed by atoms with E-state index in [1.165, 1.54) is 25.3 Å². The van der Waals surface area contributed by atoms with Crippen molar-refractivity contribution < 1.29 is 24.2 Å². The van der Waals surface area contributed by atoms with Gasteiger partial charge in [0.2, 0.25) is 5.91 Å². The van der Waals surface area contributed by atoms with E-state index in [4.69, 9.17) is 10.1 Å². The van der Waals surface area contributed by atoms with Crippen molar-refractivity contribution in [2.75, 3.05) is 0 Å². The van der Waals surface area contributed by atoms with E-state index in [1.54, 1.807) is 20.8 Å². The third-order valence-electron chi connectivity index (χ3n) is 5.22. The molecule has 0 radical (unpaired) electrons. The molecule has 1 aliphatic carbocycles. The summed E-state index contributed by atoms with van der Waals surface area (Å²) in [4.78, 5) is 41.2. The average Bonchev–Trinajstić information content (AvgIpc) is 2.63. The lowest BCUT2D eigenvalue weighted by Gasteiger charge is -2.34. The van der Waals surface area contributed by atoms with Crippen LogP contribution in [0.3, 0.4) is 0 Å². The molecule has 0 spiro atoms. The van der Waals surface area contributed by atoms with E-state index < -0.39 is 30.1 Å². The maximum Gasteiger partial charge on any atom is 0.329 e. The van der Waals surface area contributed by atoms with Crippen LogP contribution >= 0.6 is 0 Å². The molecule has 4 N–H and O–H groups in total. The smallest absolute Gasteiger partial charge is 0.329 e. The van der Waals surface area contributed by atoms with Crippen LogP contribution in [0.25, 0.3) is 0 Å². The maximum absolute atomic E-state index is 12.8. The summed E-state index contributed by atoms with van der Waals surface area (Å²) >= 11 is 0. The zero-order valence-corrected chi connectivity index (χ0v) is 17.8. The van der Waals surface area contributed by atoms with E-state index in [0.29, 0.717) is 0 Å². The van der Waals surface area contributed by atoms with Gasteiger partial charge in [0.05, 0.1) is 0 Å². The van der Waals surface area contributed by atoms with Crippen molar-refractivity contribution in [2.24, 2.45) is 11.8 Å². The highest BCUT2D eigenvalue weighted by Gasteiger charge is 2.37. The van der Waals surface area contributed by atoms with E-state index in [9.17, 15) is 19.5 Å². The van der Waals surface area contributed by atoms with Crippen molar-refractivity contribution in [1.82, 2.24) is 15.6 Å². The molecule has 0 aliphatic heterocycles. The van der Waals surface area contributed by atoms with E-state index in [2.05, 4.69) is 15.6 Å². The predicted molar refractivity (Wildman–Crippen MR) is 110 cm³/mol. The molecule has 3 unspecified atom stereocenters. The van der Waals surface area contributed by atoms with Crippen molar-refractivity contribution in [2.45, 2.75) is 65.1 Å². The molecule has 1 aliphatic rings. The summed E-state index contributed by atoms with van der Waals surface area (Å²) in [5.41, 5.74) is -0.107. The third-order valence-corrected chi connectivity index (χ3v) is 5.22. The number of nitrogens with one attached hydrogen (secondary N) is 3. The quantitative estimate of drug-likeness (QED) is 0.356. The molecule has 2 rings (SSSR count). The fourth-order valence-electron chi connectivity index (χ4n) is 3.15. The number of carbonyl (C=O) groups is 3. The van der Waals surface area contributed by atoms with Crippen molar-refractivity contribution in [3.8, 4) is 5.75 Å². The van der Waals surface area contributed by atoms with Gasteiger partial charge in [-0.25, -0.2) is 9.78 Å². The molecule has 0 aromatic carbocycles. The van der Waals surface area contributed by atoms with Gasteiger partial charge in [0, 0.05) is 17.8 Å². The minimum atomic E-state index is -0.911. The lowest BCUT2D eigenvalue weighted by molar-refractivity contribution is -0.155. The SMILES string of the molecule is CC(=N)C(NC(=O)c1ncccc1O)C(C)OC(=O)C(NC(=O)C(C)C)C1CCC1. The van der Waals surface area contributed by atoms with Gasteiger partial charge < -0.3 is 25.9 Å². The van der Waals surface area contributed by atoms with Crippen LogP contribution in [0.2, 0.25) is 0 Å². The summed E-state index contributed by atoms with van der Waals surface area (Å²) in [6.07, 6.45) is 3.16. The van der Waals surface area contributed by atoms with Crippen molar-refractivity contribution >= 4 is 23.5 Å². The van der Waals surface area contributed by atoms with Gasteiger partial charge in [0.15, 0.2) is 5.69 Å². The molecule has 3 atom stereocenters. The van der Waals surface area contributed by atoms with Crippen molar-refractivity contribution in [3.63, 3.8) is 0 Å². The van der Waals surface area contributed by atoms with Crippen LogP contribution in [0, 0.1) is 17.2 Å². The largest absolute Gasteiger partial charge is 0.505 e. The number of ether oxygens (including phenoxy) is 1. The van der Waals surface area contributed by atoms with Gasteiger partial charge in [-0.1, -0.05) is 20.3 Å². The van der Waals surface area contributed by atoms with E-state index in [1.807, 2.05) is 0 Å². The molecule has 1 aromatic rings. The number of hydrogen-bond acceptors (Lipinski definition) is 7. The van der Waals surface area contributed by atoms with Crippen LogP contribution in [0.15, 0.2) is 18.3 Å². The number of hydrogen-bond donors (Lipinski definition) is 4. The van der Waals surface area contributed by atoms with Crippen LogP contribution in [0.1, 0.15) is 57.4 Å². The Morgan fingerprint density at radius 1 is 1.23 bits per heavy atom. The Labute approximate surface area is 176 Å². The highest BCUT2D eigenvalue weighted by Crippen LogP contribution is 2.30. The number of amides is 2. The second-order valence-corrected chi connectivity index (χ2v) is 7.98. The number of carbonyl (C=O) groups excluding carboxylic acids is 3. The number of aromatic hydroxyl groups is 1. The normalized spacial score (nSPS) is 16.7. The van der Waals surface area contributed by atoms with Crippen LogP contribution in [0.4, 0.5) is 0 Å². The lowest BCUT2D eigenvalue weighted by atomic mass is 9.79. The minimum absolute atomic E-state index is 0.0204. The van der Waals surface area contributed by atoms with Gasteiger partial charge in [-0.05, 0) is 44.7 Å². The summed E-state index contributed by atoms with van der Waals surface area (Å²) < 4.78 is 5.55. The predicted octanol–water partition coefficient (Wildman–Crippen LogP) is 1.80. The average molecular weight is 418 g/mol. The molecule has 0 bridgehead atoms.